The molecule has 2 aliphatic rings. The molecular weight excluding hydrogens is 324 g/mol. The van der Waals surface area contributed by atoms with E-state index in [1.165, 1.54) is 0 Å². The Morgan fingerprint density at radius 2 is 1.88 bits per heavy atom. The van der Waals surface area contributed by atoms with E-state index in [2.05, 4.69) is 53.7 Å². The Morgan fingerprint density at radius 1 is 1.25 bits per heavy atom. The van der Waals surface area contributed by atoms with Crippen molar-refractivity contribution in [2.75, 3.05) is 6.61 Å². The average Bonchev–Trinajstić information content (AvgIpc) is 2.96. The van der Waals surface area contributed by atoms with Crippen molar-refractivity contribution in [1.29, 1.82) is 0 Å². The average molecular weight is 351 g/mol. The third-order valence-corrected chi connectivity index (χ3v) is 5.01. The van der Waals surface area contributed by atoms with E-state index >= 15 is 0 Å². The lowest BCUT2D eigenvalue weighted by Crippen LogP contribution is -2.68. The first kappa shape index (κ1) is 17.7. The van der Waals surface area contributed by atoms with Crippen molar-refractivity contribution in [2.45, 2.75) is 64.8 Å². The molecule has 0 spiro atoms. The van der Waals surface area contributed by atoms with E-state index < -0.39 is 5.60 Å². The summed E-state index contributed by atoms with van der Waals surface area (Å²) in [6, 6.07) is 8.20. The van der Waals surface area contributed by atoms with Gasteiger partial charge in [-0.2, -0.15) is 5.06 Å². The summed E-state index contributed by atoms with van der Waals surface area (Å²) in [5.74, 6) is 1.17. The standard InChI is InChI=1S/C19H27ClN2O2/c1-12(2)15-11-23-17(21-15)19(6)16(22(24-19)18(3,4)5)13-7-9-14(20)10-8-13/h7-10,12,15-16H,11H2,1-6H3/t15-,16+,19-/m0/s1. The van der Waals surface area contributed by atoms with Gasteiger partial charge in [0.2, 0.25) is 5.90 Å². The zero-order chi connectivity index (χ0) is 17.7. The molecule has 0 radical (unpaired) electrons. The maximum Gasteiger partial charge on any atom is 0.221 e. The highest BCUT2D eigenvalue weighted by Gasteiger charge is 2.60. The highest BCUT2D eigenvalue weighted by atomic mass is 35.5. The van der Waals surface area contributed by atoms with Gasteiger partial charge in [-0.3, -0.25) is 4.84 Å². The highest BCUT2D eigenvalue weighted by Crippen LogP contribution is 2.50. The Balaban J connectivity index is 1.95. The first-order valence-electron chi connectivity index (χ1n) is 8.58. The lowest BCUT2D eigenvalue weighted by molar-refractivity contribution is -0.399. The molecule has 5 heteroatoms. The molecule has 3 atom stereocenters. The third-order valence-electron chi connectivity index (χ3n) is 4.76. The predicted molar refractivity (Wildman–Crippen MR) is 97.3 cm³/mol. The SMILES string of the molecule is CC(C)[C@@H]1COC([C@@]2(C)ON(C(C)(C)C)[C@@H]2c2ccc(Cl)cc2)=N1. The van der Waals surface area contributed by atoms with Gasteiger partial charge in [-0.05, 0) is 51.3 Å². The Bertz CT molecular complexity index is 636. The molecule has 0 aliphatic carbocycles. The fraction of sp³-hybridized carbons (Fsp3) is 0.632. The van der Waals surface area contributed by atoms with Crippen molar-refractivity contribution in [2.24, 2.45) is 10.9 Å². The Kier molecular flexibility index (Phi) is 4.44. The van der Waals surface area contributed by atoms with Crippen LogP contribution in [0.3, 0.4) is 0 Å². The molecule has 2 heterocycles. The third kappa shape index (κ3) is 2.96. The number of hydrogen-bond donors (Lipinski definition) is 0. The fourth-order valence-electron chi connectivity index (χ4n) is 3.26. The quantitative estimate of drug-likeness (QED) is 0.796. The molecule has 0 unspecified atom stereocenters. The molecular formula is C19H27ClN2O2. The van der Waals surface area contributed by atoms with Gasteiger partial charge in [-0.15, -0.1) is 0 Å². The minimum absolute atomic E-state index is 0.0411. The number of hydroxylamine groups is 2. The van der Waals surface area contributed by atoms with Crippen LogP contribution in [-0.2, 0) is 9.57 Å². The van der Waals surface area contributed by atoms with Gasteiger partial charge in [0, 0.05) is 10.6 Å². The molecule has 1 fully saturated rings. The molecule has 0 aromatic heterocycles. The minimum Gasteiger partial charge on any atom is -0.477 e. The lowest BCUT2D eigenvalue weighted by Gasteiger charge is -2.58. The topological polar surface area (TPSA) is 34.1 Å². The summed E-state index contributed by atoms with van der Waals surface area (Å²) in [6.07, 6.45) is 0. The molecule has 4 nitrogen and oxygen atoms in total. The van der Waals surface area contributed by atoms with E-state index in [1.807, 2.05) is 17.2 Å². The zero-order valence-electron chi connectivity index (χ0n) is 15.3. The van der Waals surface area contributed by atoms with Crippen LogP contribution in [0.5, 0.6) is 0 Å². The Hall–Kier alpha value is -1.10. The second-order valence-corrected chi connectivity index (χ2v) is 8.64. The smallest absolute Gasteiger partial charge is 0.221 e. The summed E-state index contributed by atoms with van der Waals surface area (Å²) in [4.78, 5) is 11.1. The number of nitrogens with zero attached hydrogens (tertiary/aromatic N) is 2. The summed E-state index contributed by atoms with van der Waals surface area (Å²) in [5.41, 5.74) is 0.452. The fourth-order valence-corrected chi connectivity index (χ4v) is 3.39. The molecule has 2 aliphatic heterocycles. The van der Waals surface area contributed by atoms with Gasteiger partial charge >= 0.3 is 0 Å². The van der Waals surface area contributed by atoms with Crippen LogP contribution in [0.1, 0.15) is 53.1 Å². The number of benzene rings is 1. The van der Waals surface area contributed by atoms with Crippen LogP contribution < -0.4 is 0 Å². The van der Waals surface area contributed by atoms with Gasteiger partial charge in [0.1, 0.15) is 12.6 Å². The van der Waals surface area contributed by atoms with Crippen molar-refractivity contribution >= 4 is 17.5 Å². The molecule has 132 valence electrons. The second-order valence-electron chi connectivity index (χ2n) is 8.21. The first-order valence-corrected chi connectivity index (χ1v) is 8.96. The van der Waals surface area contributed by atoms with Crippen molar-refractivity contribution in [3.8, 4) is 0 Å². The van der Waals surface area contributed by atoms with Crippen molar-refractivity contribution < 1.29 is 9.57 Å². The summed E-state index contributed by atoms with van der Waals surface area (Å²) in [6.45, 7) is 13.5. The number of ether oxygens (including phenoxy) is 1. The monoisotopic (exact) mass is 350 g/mol. The van der Waals surface area contributed by atoms with Crippen LogP contribution in [0.25, 0.3) is 0 Å². The molecule has 0 saturated carbocycles. The maximum absolute atomic E-state index is 6.24. The molecule has 24 heavy (non-hydrogen) atoms. The molecule has 0 bridgehead atoms. The van der Waals surface area contributed by atoms with Crippen LogP contribution in [-0.4, -0.2) is 34.7 Å². The van der Waals surface area contributed by atoms with Crippen molar-refractivity contribution in [3.63, 3.8) is 0 Å². The van der Waals surface area contributed by atoms with Crippen LogP contribution in [0.4, 0.5) is 0 Å². The van der Waals surface area contributed by atoms with Gasteiger partial charge in [0.15, 0.2) is 5.60 Å². The number of rotatable bonds is 3. The summed E-state index contributed by atoms with van der Waals surface area (Å²) >= 11 is 6.06. The van der Waals surface area contributed by atoms with Crippen LogP contribution in [0.15, 0.2) is 29.3 Å². The molecule has 0 amide bonds. The van der Waals surface area contributed by atoms with E-state index in [4.69, 9.17) is 26.2 Å². The number of hydrogen-bond acceptors (Lipinski definition) is 4. The van der Waals surface area contributed by atoms with Gasteiger partial charge in [0.25, 0.3) is 0 Å². The van der Waals surface area contributed by atoms with Crippen LogP contribution in [0, 0.1) is 5.92 Å². The molecule has 1 saturated heterocycles. The molecule has 0 N–H and O–H groups in total. The maximum atomic E-state index is 6.24. The van der Waals surface area contributed by atoms with E-state index in [0.29, 0.717) is 18.4 Å². The zero-order valence-corrected chi connectivity index (χ0v) is 16.1. The second kappa shape index (κ2) is 6.01. The molecule has 3 rings (SSSR count). The van der Waals surface area contributed by atoms with E-state index in [0.717, 1.165) is 10.6 Å². The van der Waals surface area contributed by atoms with Gasteiger partial charge in [-0.25, -0.2) is 4.99 Å². The normalized spacial score (nSPS) is 30.9. The predicted octanol–water partition coefficient (Wildman–Crippen LogP) is 4.64. The largest absolute Gasteiger partial charge is 0.477 e. The Labute approximate surface area is 149 Å². The summed E-state index contributed by atoms with van der Waals surface area (Å²) < 4.78 is 5.94. The van der Waals surface area contributed by atoms with Gasteiger partial charge < -0.3 is 4.74 Å². The van der Waals surface area contributed by atoms with E-state index in [-0.39, 0.29) is 17.6 Å². The van der Waals surface area contributed by atoms with Crippen LogP contribution >= 0.6 is 11.6 Å². The van der Waals surface area contributed by atoms with Gasteiger partial charge in [-0.1, -0.05) is 37.6 Å². The highest BCUT2D eigenvalue weighted by molar-refractivity contribution is 6.30. The van der Waals surface area contributed by atoms with Gasteiger partial charge in [0.05, 0.1) is 6.04 Å². The van der Waals surface area contributed by atoms with Crippen molar-refractivity contribution in [1.82, 2.24) is 5.06 Å². The van der Waals surface area contributed by atoms with E-state index in [1.54, 1.807) is 0 Å². The molecule has 1 aromatic carbocycles. The number of halogens is 1. The summed E-state index contributed by atoms with van der Waals surface area (Å²) in [7, 11) is 0. The molecule has 1 aromatic rings. The number of aliphatic imine (C=N–C) groups is 1. The van der Waals surface area contributed by atoms with Crippen LogP contribution in [0.2, 0.25) is 5.02 Å². The summed E-state index contributed by atoms with van der Waals surface area (Å²) in [5, 5.41) is 2.77. The first-order chi connectivity index (χ1) is 11.1. The Morgan fingerprint density at radius 3 is 2.38 bits per heavy atom. The van der Waals surface area contributed by atoms with Crippen molar-refractivity contribution in [3.05, 3.63) is 34.9 Å². The lowest BCUT2D eigenvalue weighted by atomic mass is 9.84. The van der Waals surface area contributed by atoms with E-state index in [9.17, 15) is 0 Å². The minimum atomic E-state index is -0.579.